The lowest BCUT2D eigenvalue weighted by Crippen LogP contribution is -1.99. The Morgan fingerprint density at radius 3 is 2.53 bits per heavy atom. The van der Waals surface area contributed by atoms with Gasteiger partial charge >= 0.3 is 0 Å². The lowest BCUT2D eigenvalue weighted by molar-refractivity contribution is 0.259. The molecule has 0 aromatic heterocycles. The predicted octanol–water partition coefficient (Wildman–Crippen LogP) is 4.83. The Morgan fingerprint density at radius 2 is 1.84 bits per heavy atom. The first-order valence-electron chi connectivity index (χ1n) is 5.56. The zero-order valence-electron chi connectivity index (χ0n) is 9.87. The second-order valence-electron chi connectivity index (χ2n) is 3.93. The standard InChI is InChI=1S/C14H11BrCl2O2/c15-11-2-1-9(13(17)6-11)8-19-14-4-3-12(16)5-10(14)7-18/h1-6,18H,7-8H2. The second-order valence-corrected chi connectivity index (χ2v) is 5.69. The lowest BCUT2D eigenvalue weighted by Gasteiger charge is -2.11. The van der Waals surface area contributed by atoms with E-state index < -0.39 is 0 Å². The van der Waals surface area contributed by atoms with E-state index in [0.29, 0.717) is 28.0 Å². The minimum Gasteiger partial charge on any atom is -0.488 e. The number of benzene rings is 2. The van der Waals surface area contributed by atoms with Crippen LogP contribution >= 0.6 is 39.1 Å². The normalized spacial score (nSPS) is 10.5. The van der Waals surface area contributed by atoms with Crippen molar-refractivity contribution in [3.63, 3.8) is 0 Å². The third-order valence-corrected chi connectivity index (χ3v) is 3.67. The fourth-order valence-electron chi connectivity index (χ4n) is 1.61. The average Bonchev–Trinajstić information content (AvgIpc) is 2.39. The highest BCUT2D eigenvalue weighted by molar-refractivity contribution is 9.10. The van der Waals surface area contributed by atoms with Crippen LogP contribution in [0.1, 0.15) is 11.1 Å². The van der Waals surface area contributed by atoms with Gasteiger partial charge in [0.1, 0.15) is 12.4 Å². The lowest BCUT2D eigenvalue weighted by atomic mass is 10.2. The van der Waals surface area contributed by atoms with Crippen LogP contribution in [0.3, 0.4) is 0 Å². The van der Waals surface area contributed by atoms with Crippen molar-refractivity contribution < 1.29 is 9.84 Å². The molecule has 0 aliphatic rings. The summed E-state index contributed by atoms with van der Waals surface area (Å²) < 4.78 is 6.59. The molecule has 100 valence electrons. The van der Waals surface area contributed by atoms with E-state index in [4.69, 9.17) is 27.9 Å². The minimum atomic E-state index is -0.121. The summed E-state index contributed by atoms with van der Waals surface area (Å²) in [5.41, 5.74) is 1.53. The van der Waals surface area contributed by atoms with Gasteiger partial charge in [0.15, 0.2) is 0 Å². The van der Waals surface area contributed by atoms with Crippen molar-refractivity contribution in [2.75, 3.05) is 0 Å². The molecule has 0 atom stereocenters. The van der Waals surface area contributed by atoms with Gasteiger partial charge in [0, 0.05) is 25.6 Å². The molecule has 0 fully saturated rings. The van der Waals surface area contributed by atoms with Gasteiger partial charge in [0.2, 0.25) is 0 Å². The van der Waals surface area contributed by atoms with Crippen molar-refractivity contribution in [2.45, 2.75) is 13.2 Å². The van der Waals surface area contributed by atoms with Crippen LogP contribution < -0.4 is 4.74 Å². The number of hydrogen-bond acceptors (Lipinski definition) is 2. The topological polar surface area (TPSA) is 29.5 Å². The highest BCUT2D eigenvalue weighted by Gasteiger charge is 2.06. The zero-order valence-corrected chi connectivity index (χ0v) is 13.0. The van der Waals surface area contributed by atoms with Crippen molar-refractivity contribution in [3.8, 4) is 5.75 Å². The summed E-state index contributed by atoms with van der Waals surface area (Å²) >= 11 is 15.3. The van der Waals surface area contributed by atoms with Gasteiger partial charge in [-0.2, -0.15) is 0 Å². The molecule has 0 spiro atoms. The molecule has 0 saturated carbocycles. The highest BCUT2D eigenvalue weighted by Crippen LogP contribution is 2.26. The minimum absolute atomic E-state index is 0.121. The molecule has 0 radical (unpaired) electrons. The highest BCUT2D eigenvalue weighted by atomic mass is 79.9. The average molecular weight is 362 g/mol. The van der Waals surface area contributed by atoms with Gasteiger partial charge in [-0.25, -0.2) is 0 Å². The third kappa shape index (κ3) is 3.86. The van der Waals surface area contributed by atoms with E-state index in [1.54, 1.807) is 18.2 Å². The van der Waals surface area contributed by atoms with Crippen LogP contribution in [0.25, 0.3) is 0 Å². The summed E-state index contributed by atoms with van der Waals surface area (Å²) in [5.74, 6) is 0.603. The first-order chi connectivity index (χ1) is 9.10. The molecule has 0 unspecified atom stereocenters. The maximum Gasteiger partial charge on any atom is 0.125 e. The second kappa shape index (κ2) is 6.62. The first-order valence-corrected chi connectivity index (χ1v) is 7.11. The summed E-state index contributed by atoms with van der Waals surface area (Å²) in [6.07, 6.45) is 0. The molecular formula is C14H11BrCl2O2. The molecule has 0 aliphatic heterocycles. The third-order valence-electron chi connectivity index (χ3n) is 2.59. The van der Waals surface area contributed by atoms with Crippen LogP contribution in [0.4, 0.5) is 0 Å². The van der Waals surface area contributed by atoms with E-state index in [0.717, 1.165) is 10.0 Å². The summed E-state index contributed by atoms with van der Waals surface area (Å²) in [7, 11) is 0. The van der Waals surface area contributed by atoms with Crippen molar-refractivity contribution in [3.05, 3.63) is 62.0 Å². The van der Waals surface area contributed by atoms with Crippen LogP contribution in [-0.4, -0.2) is 5.11 Å². The van der Waals surface area contributed by atoms with E-state index in [2.05, 4.69) is 15.9 Å². The van der Waals surface area contributed by atoms with Gasteiger partial charge in [0.05, 0.1) is 6.61 Å². The van der Waals surface area contributed by atoms with Crippen LogP contribution in [0.2, 0.25) is 10.0 Å². The molecule has 1 N–H and O–H groups in total. The molecule has 0 amide bonds. The molecule has 2 nitrogen and oxygen atoms in total. The molecule has 0 heterocycles. The van der Waals surface area contributed by atoms with E-state index in [1.165, 1.54) is 0 Å². The van der Waals surface area contributed by atoms with E-state index >= 15 is 0 Å². The van der Waals surface area contributed by atoms with Gasteiger partial charge in [-0.3, -0.25) is 0 Å². The maximum absolute atomic E-state index is 9.26. The smallest absolute Gasteiger partial charge is 0.125 e. The van der Waals surface area contributed by atoms with E-state index in [9.17, 15) is 5.11 Å². The maximum atomic E-state index is 9.26. The number of aliphatic hydroxyl groups excluding tert-OH is 1. The molecule has 2 aromatic rings. The molecule has 0 bridgehead atoms. The van der Waals surface area contributed by atoms with E-state index in [1.807, 2.05) is 18.2 Å². The fraction of sp³-hybridized carbons (Fsp3) is 0.143. The van der Waals surface area contributed by atoms with Crippen molar-refractivity contribution >= 4 is 39.1 Å². The molecule has 0 saturated heterocycles. The van der Waals surface area contributed by atoms with Gasteiger partial charge < -0.3 is 9.84 Å². The van der Waals surface area contributed by atoms with Crippen LogP contribution in [0.5, 0.6) is 5.75 Å². The molecule has 0 aliphatic carbocycles. The Balaban J connectivity index is 2.14. The fourth-order valence-corrected chi connectivity index (χ4v) is 2.53. The van der Waals surface area contributed by atoms with Crippen LogP contribution in [-0.2, 0) is 13.2 Å². The van der Waals surface area contributed by atoms with Gasteiger partial charge in [0.25, 0.3) is 0 Å². The number of rotatable bonds is 4. The summed E-state index contributed by atoms with van der Waals surface area (Å²) in [6.45, 7) is 0.213. The van der Waals surface area contributed by atoms with Crippen LogP contribution in [0, 0.1) is 0 Å². The first kappa shape index (κ1) is 14.7. The largest absolute Gasteiger partial charge is 0.488 e. The van der Waals surface area contributed by atoms with Gasteiger partial charge in [-0.15, -0.1) is 0 Å². The number of aliphatic hydroxyl groups is 1. The Kier molecular flexibility index (Phi) is 5.11. The van der Waals surface area contributed by atoms with Crippen LogP contribution in [0.15, 0.2) is 40.9 Å². The molecule has 5 heteroatoms. The molecule has 2 rings (SSSR count). The Morgan fingerprint density at radius 1 is 1.05 bits per heavy atom. The Bertz CT molecular complexity index is 588. The van der Waals surface area contributed by atoms with E-state index in [-0.39, 0.29) is 6.61 Å². The van der Waals surface area contributed by atoms with Crippen molar-refractivity contribution in [1.82, 2.24) is 0 Å². The van der Waals surface area contributed by atoms with Crippen molar-refractivity contribution in [2.24, 2.45) is 0 Å². The monoisotopic (exact) mass is 360 g/mol. The van der Waals surface area contributed by atoms with Gasteiger partial charge in [-0.05, 0) is 30.3 Å². The Labute approximate surface area is 130 Å². The zero-order chi connectivity index (χ0) is 13.8. The molecule has 2 aromatic carbocycles. The van der Waals surface area contributed by atoms with Crippen molar-refractivity contribution in [1.29, 1.82) is 0 Å². The number of hydrogen-bond donors (Lipinski definition) is 1. The number of halogens is 3. The summed E-state index contributed by atoms with van der Waals surface area (Å²) in [5, 5.41) is 10.5. The Hall–Kier alpha value is -0.740. The quantitative estimate of drug-likeness (QED) is 0.845. The molecule has 19 heavy (non-hydrogen) atoms. The molecular weight excluding hydrogens is 351 g/mol. The van der Waals surface area contributed by atoms with Gasteiger partial charge in [-0.1, -0.05) is 45.2 Å². The summed E-state index contributed by atoms with van der Waals surface area (Å²) in [6, 6.07) is 10.7. The SMILES string of the molecule is OCc1cc(Cl)ccc1OCc1ccc(Br)cc1Cl. The summed E-state index contributed by atoms with van der Waals surface area (Å²) in [4.78, 5) is 0. The number of ether oxygens (including phenoxy) is 1. The predicted molar refractivity (Wildman–Crippen MR) is 80.9 cm³/mol.